The predicted molar refractivity (Wildman–Crippen MR) is 84.5 cm³/mol. The molecule has 21 heavy (non-hydrogen) atoms. The van der Waals surface area contributed by atoms with Gasteiger partial charge in [-0.05, 0) is 5.56 Å². The number of hydrogen-bond acceptors (Lipinski definition) is 3. The zero-order valence-corrected chi connectivity index (χ0v) is 11.7. The molecule has 0 aliphatic heterocycles. The number of benzene rings is 2. The largest absolute Gasteiger partial charge is 0.309 e. The average molecular weight is 275 g/mol. The minimum Gasteiger partial charge on any atom is -0.309 e. The van der Waals surface area contributed by atoms with Crippen LogP contribution >= 0.6 is 0 Å². The van der Waals surface area contributed by atoms with E-state index >= 15 is 0 Å². The molecule has 3 nitrogen and oxygen atoms in total. The van der Waals surface area contributed by atoms with Crippen LogP contribution in [0.1, 0.15) is 11.1 Å². The van der Waals surface area contributed by atoms with Gasteiger partial charge in [0.05, 0.1) is 0 Å². The Morgan fingerprint density at radius 3 is 1.90 bits per heavy atom. The lowest BCUT2D eigenvalue weighted by molar-refractivity contribution is 0.689. The molecule has 3 rings (SSSR count). The fourth-order valence-corrected chi connectivity index (χ4v) is 2.13. The maximum Gasteiger partial charge on any atom is 0.159 e. The van der Waals surface area contributed by atoms with Crippen molar-refractivity contribution >= 4 is 0 Å². The van der Waals surface area contributed by atoms with Crippen LogP contribution in [-0.4, -0.2) is 9.97 Å². The molecule has 0 atom stereocenters. The molecule has 1 aromatic heterocycles. The van der Waals surface area contributed by atoms with Crippen molar-refractivity contribution in [3.8, 4) is 11.4 Å². The van der Waals surface area contributed by atoms with E-state index in [1.807, 2.05) is 48.8 Å². The summed E-state index contributed by atoms with van der Waals surface area (Å²) in [5, 5.41) is 3.40. The Kier molecular flexibility index (Phi) is 4.34. The molecule has 1 N–H and O–H groups in total. The van der Waals surface area contributed by atoms with Gasteiger partial charge in [-0.1, -0.05) is 60.7 Å². The smallest absolute Gasteiger partial charge is 0.159 e. The minimum atomic E-state index is 0.766. The van der Waals surface area contributed by atoms with Gasteiger partial charge in [-0.15, -0.1) is 0 Å². The number of hydrogen-bond donors (Lipinski definition) is 1. The van der Waals surface area contributed by atoms with Crippen molar-refractivity contribution < 1.29 is 0 Å². The summed E-state index contributed by atoms with van der Waals surface area (Å²) in [6, 6.07) is 20.4. The van der Waals surface area contributed by atoms with Crippen molar-refractivity contribution in [3.05, 3.63) is 84.2 Å². The first-order valence-corrected chi connectivity index (χ1v) is 7.03. The van der Waals surface area contributed by atoms with Gasteiger partial charge < -0.3 is 5.32 Å². The molecule has 0 bridgehead atoms. The van der Waals surface area contributed by atoms with Crippen LogP contribution in [0.15, 0.2) is 73.1 Å². The van der Waals surface area contributed by atoms with Gasteiger partial charge in [0.25, 0.3) is 0 Å². The van der Waals surface area contributed by atoms with Crippen LogP contribution in [0.3, 0.4) is 0 Å². The number of nitrogens with one attached hydrogen (secondary N) is 1. The molecule has 0 amide bonds. The standard InChI is InChI=1S/C18H17N3/c1-3-7-15(8-4-1)11-19-12-16-13-20-18(21-14-16)17-9-5-2-6-10-17/h1-10,13-14,19H,11-12H2. The van der Waals surface area contributed by atoms with Crippen LogP contribution in [0.2, 0.25) is 0 Å². The SMILES string of the molecule is c1ccc(CNCc2cnc(-c3ccccc3)nc2)cc1. The van der Waals surface area contributed by atoms with E-state index < -0.39 is 0 Å². The molecule has 0 spiro atoms. The van der Waals surface area contributed by atoms with E-state index in [0.717, 1.165) is 30.0 Å². The van der Waals surface area contributed by atoms with Crippen molar-refractivity contribution in [2.45, 2.75) is 13.1 Å². The number of aromatic nitrogens is 2. The minimum absolute atomic E-state index is 0.766. The summed E-state index contributed by atoms with van der Waals surface area (Å²) in [4.78, 5) is 8.85. The first kappa shape index (κ1) is 13.5. The Morgan fingerprint density at radius 1 is 0.667 bits per heavy atom. The monoisotopic (exact) mass is 275 g/mol. The molecule has 2 aromatic carbocycles. The van der Waals surface area contributed by atoms with Gasteiger partial charge in [0, 0.05) is 36.6 Å². The molecule has 1 heterocycles. The molecular formula is C18H17N3. The van der Waals surface area contributed by atoms with E-state index in [2.05, 4.69) is 39.6 Å². The third-order valence-corrected chi connectivity index (χ3v) is 3.24. The zero-order valence-electron chi connectivity index (χ0n) is 11.7. The maximum absolute atomic E-state index is 4.42. The predicted octanol–water partition coefficient (Wildman–Crippen LogP) is 3.43. The van der Waals surface area contributed by atoms with E-state index in [4.69, 9.17) is 0 Å². The highest BCUT2D eigenvalue weighted by Gasteiger charge is 2.00. The molecule has 0 unspecified atom stereocenters. The Hall–Kier alpha value is -2.52. The van der Waals surface area contributed by atoms with E-state index in [1.165, 1.54) is 5.56 Å². The first-order valence-electron chi connectivity index (χ1n) is 7.03. The van der Waals surface area contributed by atoms with Crippen molar-refractivity contribution in [2.75, 3.05) is 0 Å². The summed E-state index contributed by atoms with van der Waals surface area (Å²) in [6.07, 6.45) is 3.76. The highest BCUT2D eigenvalue weighted by Crippen LogP contribution is 2.13. The highest BCUT2D eigenvalue weighted by atomic mass is 14.9. The lowest BCUT2D eigenvalue weighted by Crippen LogP contribution is -2.13. The van der Waals surface area contributed by atoms with E-state index in [-0.39, 0.29) is 0 Å². The molecule has 0 aliphatic carbocycles. The van der Waals surface area contributed by atoms with Gasteiger partial charge in [0.15, 0.2) is 5.82 Å². The van der Waals surface area contributed by atoms with Gasteiger partial charge in [0.2, 0.25) is 0 Å². The fraction of sp³-hybridized carbons (Fsp3) is 0.111. The summed E-state index contributed by atoms with van der Waals surface area (Å²) in [7, 11) is 0. The second kappa shape index (κ2) is 6.77. The van der Waals surface area contributed by atoms with Gasteiger partial charge >= 0.3 is 0 Å². The lowest BCUT2D eigenvalue weighted by Gasteiger charge is -2.05. The highest BCUT2D eigenvalue weighted by molar-refractivity contribution is 5.53. The van der Waals surface area contributed by atoms with Gasteiger partial charge in [0.1, 0.15) is 0 Å². The van der Waals surface area contributed by atoms with Crippen LogP contribution in [0.4, 0.5) is 0 Å². The normalized spacial score (nSPS) is 10.5. The second-order valence-corrected chi connectivity index (χ2v) is 4.87. The first-order chi connectivity index (χ1) is 10.4. The van der Waals surface area contributed by atoms with Gasteiger partial charge in [-0.3, -0.25) is 0 Å². The molecule has 0 radical (unpaired) electrons. The Labute approximate surface area is 124 Å². The van der Waals surface area contributed by atoms with Gasteiger partial charge in [-0.2, -0.15) is 0 Å². The van der Waals surface area contributed by atoms with Crippen LogP contribution in [0, 0.1) is 0 Å². The molecule has 3 heteroatoms. The average Bonchev–Trinajstić information content (AvgIpc) is 2.57. The molecule has 0 fully saturated rings. The Morgan fingerprint density at radius 2 is 1.24 bits per heavy atom. The third kappa shape index (κ3) is 3.74. The Balaban J connectivity index is 1.58. The molecule has 3 aromatic rings. The van der Waals surface area contributed by atoms with Crippen LogP contribution < -0.4 is 5.32 Å². The van der Waals surface area contributed by atoms with E-state index in [0.29, 0.717) is 0 Å². The summed E-state index contributed by atoms with van der Waals surface area (Å²) in [5.74, 6) is 0.766. The van der Waals surface area contributed by atoms with Crippen molar-refractivity contribution in [1.29, 1.82) is 0 Å². The summed E-state index contributed by atoms with van der Waals surface area (Å²) >= 11 is 0. The number of rotatable bonds is 5. The summed E-state index contributed by atoms with van der Waals surface area (Å²) in [6.45, 7) is 1.62. The van der Waals surface area contributed by atoms with Crippen LogP contribution in [-0.2, 0) is 13.1 Å². The van der Waals surface area contributed by atoms with Crippen LogP contribution in [0.25, 0.3) is 11.4 Å². The summed E-state index contributed by atoms with van der Waals surface area (Å²) < 4.78 is 0. The van der Waals surface area contributed by atoms with Gasteiger partial charge in [-0.25, -0.2) is 9.97 Å². The van der Waals surface area contributed by atoms with Crippen LogP contribution in [0.5, 0.6) is 0 Å². The number of nitrogens with zero attached hydrogens (tertiary/aromatic N) is 2. The quantitative estimate of drug-likeness (QED) is 0.775. The van der Waals surface area contributed by atoms with Crippen molar-refractivity contribution in [3.63, 3.8) is 0 Å². The molecule has 0 saturated heterocycles. The molecule has 0 aliphatic rings. The molecule has 0 saturated carbocycles. The van der Waals surface area contributed by atoms with Crippen molar-refractivity contribution in [2.24, 2.45) is 0 Å². The topological polar surface area (TPSA) is 37.8 Å². The lowest BCUT2D eigenvalue weighted by atomic mass is 10.2. The molecule has 104 valence electrons. The summed E-state index contributed by atoms with van der Waals surface area (Å²) in [5.41, 5.74) is 3.41. The Bertz CT molecular complexity index is 664. The fourth-order valence-electron chi connectivity index (χ4n) is 2.13. The second-order valence-electron chi connectivity index (χ2n) is 4.87. The zero-order chi connectivity index (χ0) is 14.3. The van der Waals surface area contributed by atoms with Crippen molar-refractivity contribution in [1.82, 2.24) is 15.3 Å². The molecular weight excluding hydrogens is 258 g/mol. The maximum atomic E-state index is 4.42. The third-order valence-electron chi connectivity index (χ3n) is 3.24. The van der Waals surface area contributed by atoms with E-state index in [1.54, 1.807) is 0 Å². The van der Waals surface area contributed by atoms with E-state index in [9.17, 15) is 0 Å².